The zero-order valence-electron chi connectivity index (χ0n) is 11.0. The lowest BCUT2D eigenvalue weighted by Crippen LogP contribution is -2.26. The molecule has 0 amide bonds. The molecule has 0 bridgehead atoms. The maximum Gasteiger partial charge on any atom is 0.225 e. The smallest absolute Gasteiger partial charge is 0.225 e. The van der Waals surface area contributed by atoms with E-state index in [1.54, 1.807) is 0 Å². The molecule has 0 N–H and O–H groups in total. The van der Waals surface area contributed by atoms with Crippen LogP contribution in [0.4, 0.5) is 0 Å². The summed E-state index contributed by atoms with van der Waals surface area (Å²) in [4.78, 5) is 0. The minimum Gasteiger partial charge on any atom is -0.298 e. The van der Waals surface area contributed by atoms with Crippen molar-refractivity contribution in [2.45, 2.75) is 58.9 Å². The highest BCUT2D eigenvalue weighted by atomic mass is 35.5. The minimum absolute atomic E-state index is 0.496. The molecule has 3 nitrogen and oxygen atoms in total. The number of aryl methyl sites for hydroxylation is 1. The van der Waals surface area contributed by atoms with Crippen LogP contribution in [0.15, 0.2) is 0 Å². The van der Waals surface area contributed by atoms with Crippen molar-refractivity contribution >= 4 is 11.6 Å². The van der Waals surface area contributed by atoms with Crippen molar-refractivity contribution in [2.75, 3.05) is 0 Å². The van der Waals surface area contributed by atoms with E-state index < -0.39 is 0 Å². The summed E-state index contributed by atoms with van der Waals surface area (Å²) in [6, 6.07) is 0.496. The molecular formula is C13H22ClN3. The third-order valence-electron chi connectivity index (χ3n) is 3.92. The molecule has 0 saturated heterocycles. The maximum absolute atomic E-state index is 6.21. The van der Waals surface area contributed by atoms with E-state index in [2.05, 4.69) is 35.5 Å². The molecule has 3 atom stereocenters. The number of nitrogens with zero attached hydrogens (tertiary/aromatic N) is 3. The topological polar surface area (TPSA) is 30.7 Å². The Morgan fingerprint density at radius 1 is 1.29 bits per heavy atom. The molecule has 0 radical (unpaired) electrons. The van der Waals surface area contributed by atoms with Gasteiger partial charge in [-0.25, -0.2) is 0 Å². The fourth-order valence-electron chi connectivity index (χ4n) is 3.06. The number of hydrogen-bond donors (Lipinski definition) is 0. The molecule has 0 aromatic carbocycles. The maximum atomic E-state index is 6.21. The molecule has 1 aliphatic carbocycles. The van der Waals surface area contributed by atoms with Crippen LogP contribution in [-0.4, -0.2) is 14.8 Å². The Bertz CT molecular complexity index is 375. The van der Waals surface area contributed by atoms with Crippen LogP contribution in [0.3, 0.4) is 0 Å². The van der Waals surface area contributed by atoms with Crippen molar-refractivity contribution in [1.82, 2.24) is 14.8 Å². The van der Waals surface area contributed by atoms with E-state index in [9.17, 15) is 0 Å². The van der Waals surface area contributed by atoms with Gasteiger partial charge in [-0.05, 0) is 49.1 Å². The third-order valence-corrected chi connectivity index (χ3v) is 4.17. The Morgan fingerprint density at radius 2 is 2.06 bits per heavy atom. The highest BCUT2D eigenvalue weighted by molar-refractivity contribution is 6.28. The van der Waals surface area contributed by atoms with Crippen LogP contribution < -0.4 is 0 Å². The standard InChI is InChI=1S/C13H22ClN3/c1-4-5-12-15-16-13(14)17(12)11-7-6-9(2)8-10(11)3/h9-11H,4-8H2,1-3H3. The fourth-order valence-corrected chi connectivity index (χ4v) is 3.32. The predicted molar refractivity (Wildman–Crippen MR) is 70.2 cm³/mol. The summed E-state index contributed by atoms with van der Waals surface area (Å²) >= 11 is 6.21. The van der Waals surface area contributed by atoms with Gasteiger partial charge in [-0.2, -0.15) is 0 Å². The van der Waals surface area contributed by atoms with Crippen LogP contribution >= 0.6 is 11.6 Å². The monoisotopic (exact) mass is 255 g/mol. The Morgan fingerprint density at radius 3 is 2.71 bits per heavy atom. The van der Waals surface area contributed by atoms with E-state index in [-0.39, 0.29) is 0 Å². The molecule has 4 heteroatoms. The molecule has 1 aromatic heterocycles. The van der Waals surface area contributed by atoms with Gasteiger partial charge in [0.05, 0.1) is 0 Å². The number of hydrogen-bond acceptors (Lipinski definition) is 2. The van der Waals surface area contributed by atoms with Crippen LogP contribution in [0.5, 0.6) is 0 Å². The highest BCUT2D eigenvalue weighted by Gasteiger charge is 2.29. The van der Waals surface area contributed by atoms with E-state index in [0.717, 1.165) is 24.6 Å². The first kappa shape index (κ1) is 12.9. The van der Waals surface area contributed by atoms with Crippen molar-refractivity contribution in [3.8, 4) is 0 Å². The summed E-state index contributed by atoms with van der Waals surface area (Å²) in [5, 5.41) is 8.83. The average molecular weight is 256 g/mol. The summed E-state index contributed by atoms with van der Waals surface area (Å²) in [5.41, 5.74) is 0. The van der Waals surface area contributed by atoms with Crippen LogP contribution in [0.1, 0.15) is 58.3 Å². The SMILES string of the molecule is CCCc1nnc(Cl)n1C1CCC(C)CC1C. The van der Waals surface area contributed by atoms with Gasteiger partial charge in [0, 0.05) is 12.5 Å². The lowest BCUT2D eigenvalue weighted by Gasteiger charge is -2.34. The largest absolute Gasteiger partial charge is 0.298 e. The quantitative estimate of drug-likeness (QED) is 0.821. The van der Waals surface area contributed by atoms with Crippen molar-refractivity contribution in [3.05, 3.63) is 11.1 Å². The first-order valence-corrected chi connectivity index (χ1v) is 7.10. The first-order chi connectivity index (χ1) is 8.13. The molecule has 3 unspecified atom stereocenters. The van der Waals surface area contributed by atoms with Gasteiger partial charge in [-0.15, -0.1) is 10.2 Å². The van der Waals surface area contributed by atoms with Crippen molar-refractivity contribution in [1.29, 1.82) is 0 Å². The zero-order chi connectivity index (χ0) is 12.4. The molecule has 1 aliphatic rings. The number of rotatable bonds is 3. The third kappa shape index (κ3) is 2.65. The van der Waals surface area contributed by atoms with Crippen LogP contribution in [0.2, 0.25) is 5.28 Å². The van der Waals surface area contributed by atoms with E-state index in [0.29, 0.717) is 17.2 Å². The van der Waals surface area contributed by atoms with Gasteiger partial charge in [-0.1, -0.05) is 20.8 Å². The first-order valence-electron chi connectivity index (χ1n) is 6.72. The highest BCUT2D eigenvalue weighted by Crippen LogP contribution is 2.38. The van der Waals surface area contributed by atoms with Crippen molar-refractivity contribution in [3.63, 3.8) is 0 Å². The summed E-state index contributed by atoms with van der Waals surface area (Å²) in [6.45, 7) is 6.83. The van der Waals surface area contributed by atoms with E-state index in [1.165, 1.54) is 19.3 Å². The fraction of sp³-hybridized carbons (Fsp3) is 0.846. The second kappa shape index (κ2) is 5.38. The second-order valence-electron chi connectivity index (χ2n) is 5.47. The Labute approximate surface area is 109 Å². The van der Waals surface area contributed by atoms with Gasteiger partial charge < -0.3 is 0 Å². The van der Waals surface area contributed by atoms with Crippen molar-refractivity contribution < 1.29 is 0 Å². The van der Waals surface area contributed by atoms with Crippen LogP contribution in [-0.2, 0) is 6.42 Å². The van der Waals surface area contributed by atoms with Gasteiger partial charge in [0.1, 0.15) is 5.82 Å². The Kier molecular flexibility index (Phi) is 4.08. The summed E-state index contributed by atoms with van der Waals surface area (Å²) in [6.07, 6.45) is 5.83. The van der Waals surface area contributed by atoms with Crippen LogP contribution in [0, 0.1) is 11.8 Å². The lowest BCUT2D eigenvalue weighted by atomic mass is 9.79. The molecule has 96 valence electrons. The van der Waals surface area contributed by atoms with Gasteiger partial charge in [0.2, 0.25) is 5.28 Å². The van der Waals surface area contributed by atoms with Gasteiger partial charge >= 0.3 is 0 Å². The summed E-state index contributed by atoms with van der Waals surface area (Å²) in [7, 11) is 0. The molecule has 1 fully saturated rings. The summed E-state index contributed by atoms with van der Waals surface area (Å²) < 4.78 is 2.18. The second-order valence-corrected chi connectivity index (χ2v) is 5.81. The van der Waals surface area contributed by atoms with Crippen LogP contribution in [0.25, 0.3) is 0 Å². The van der Waals surface area contributed by atoms with E-state index >= 15 is 0 Å². The minimum atomic E-state index is 0.496. The van der Waals surface area contributed by atoms with Gasteiger partial charge in [0.15, 0.2) is 0 Å². The molecule has 1 aromatic rings. The molecule has 1 heterocycles. The van der Waals surface area contributed by atoms with E-state index in [1.807, 2.05) is 0 Å². The number of aromatic nitrogens is 3. The van der Waals surface area contributed by atoms with Gasteiger partial charge in [0.25, 0.3) is 0 Å². The van der Waals surface area contributed by atoms with Crippen molar-refractivity contribution in [2.24, 2.45) is 11.8 Å². The predicted octanol–water partition coefficient (Wildman–Crippen LogP) is 3.88. The molecule has 1 saturated carbocycles. The van der Waals surface area contributed by atoms with Gasteiger partial charge in [-0.3, -0.25) is 4.57 Å². The van der Waals surface area contributed by atoms with E-state index in [4.69, 9.17) is 11.6 Å². The zero-order valence-corrected chi connectivity index (χ0v) is 11.7. The molecule has 0 spiro atoms. The molecule has 0 aliphatic heterocycles. The Hall–Kier alpha value is -0.570. The lowest BCUT2D eigenvalue weighted by molar-refractivity contribution is 0.204. The average Bonchev–Trinajstić information content (AvgIpc) is 2.62. The Balaban J connectivity index is 2.23. The summed E-state index contributed by atoms with van der Waals surface area (Å²) in [5.74, 6) is 2.57. The molecule has 2 rings (SSSR count). The molecular weight excluding hydrogens is 234 g/mol. The normalized spacial score (nSPS) is 29.5. The molecule has 17 heavy (non-hydrogen) atoms. The number of halogens is 1.